The fourth-order valence-corrected chi connectivity index (χ4v) is 5.79. The molecule has 0 bridgehead atoms. The number of hydrogen-bond acceptors (Lipinski definition) is 11. The first-order valence-corrected chi connectivity index (χ1v) is 14.5. The molecule has 3 aliphatic rings. The van der Waals surface area contributed by atoms with Crippen LogP contribution in [0.15, 0.2) is 54.1 Å². The first kappa shape index (κ1) is 29.2. The van der Waals surface area contributed by atoms with E-state index in [0.717, 1.165) is 12.8 Å². The smallest absolute Gasteiger partial charge is 0.414 e. The summed E-state index contributed by atoms with van der Waals surface area (Å²) >= 11 is 0. The highest BCUT2D eigenvalue weighted by atomic mass is 19.1. The van der Waals surface area contributed by atoms with E-state index in [2.05, 4.69) is 20.5 Å². The van der Waals surface area contributed by atoms with Crippen LogP contribution in [0.3, 0.4) is 0 Å². The molecule has 2 aliphatic heterocycles. The number of amides is 1. The monoisotopic (exact) mass is 606 g/mol. The summed E-state index contributed by atoms with van der Waals surface area (Å²) in [7, 11) is 1.32. The molecule has 2 fully saturated rings. The maximum Gasteiger partial charge on any atom is 0.414 e. The molecule has 0 N–H and O–H groups in total. The largest absolute Gasteiger partial charge is 0.469 e. The van der Waals surface area contributed by atoms with Gasteiger partial charge in [0.1, 0.15) is 24.2 Å². The highest BCUT2D eigenvalue weighted by molar-refractivity contribution is 6.00. The molecule has 1 saturated heterocycles. The first-order chi connectivity index (χ1) is 21.4. The van der Waals surface area contributed by atoms with Crippen LogP contribution in [-0.4, -0.2) is 76.2 Å². The van der Waals surface area contributed by atoms with Crippen molar-refractivity contribution in [2.45, 2.75) is 50.9 Å². The number of oxime groups is 1. The molecular formula is C30H31FN6O7. The number of anilines is 1. The number of pyridine rings is 1. The van der Waals surface area contributed by atoms with Crippen LogP contribution in [0.1, 0.15) is 37.8 Å². The summed E-state index contributed by atoms with van der Waals surface area (Å²) in [5.74, 6) is -2.33. The summed E-state index contributed by atoms with van der Waals surface area (Å²) in [4.78, 5) is 48.5. The zero-order valence-corrected chi connectivity index (χ0v) is 24.0. The Morgan fingerprint density at radius 1 is 1.09 bits per heavy atom. The molecule has 2 aromatic heterocycles. The van der Waals surface area contributed by atoms with E-state index in [1.165, 1.54) is 30.5 Å². The number of methoxy groups -OCH3 is 1. The Bertz CT molecular complexity index is 1550. The van der Waals surface area contributed by atoms with Crippen molar-refractivity contribution in [3.63, 3.8) is 0 Å². The number of ether oxygens (including phenoxy) is 3. The Morgan fingerprint density at radius 2 is 1.91 bits per heavy atom. The third-order valence-electron chi connectivity index (χ3n) is 8.09. The summed E-state index contributed by atoms with van der Waals surface area (Å²) in [6.07, 6.45) is 6.58. The molecule has 4 heterocycles. The molecule has 1 aliphatic carbocycles. The van der Waals surface area contributed by atoms with E-state index < -0.39 is 41.9 Å². The molecule has 230 valence electrons. The molecule has 13 nitrogen and oxygen atoms in total. The van der Waals surface area contributed by atoms with Gasteiger partial charge in [0, 0.05) is 29.9 Å². The van der Waals surface area contributed by atoms with Gasteiger partial charge in [-0.25, -0.2) is 13.9 Å². The quantitative estimate of drug-likeness (QED) is 0.262. The van der Waals surface area contributed by atoms with Crippen molar-refractivity contribution in [3.05, 3.63) is 60.4 Å². The molecule has 4 atom stereocenters. The van der Waals surface area contributed by atoms with E-state index in [1.54, 1.807) is 35.1 Å². The SMILES string of the molecule is COC(=O)C1CCCCC1C(=O)OC[C@@H]1CC(c2ccc(-c3ccc(N4C[C@H](Cn5ccnn5)OC4=O)cc3F)cn2)=NO1. The third-order valence-corrected chi connectivity index (χ3v) is 8.09. The molecule has 1 saturated carbocycles. The molecule has 44 heavy (non-hydrogen) atoms. The van der Waals surface area contributed by atoms with Crippen LogP contribution in [0.5, 0.6) is 0 Å². The van der Waals surface area contributed by atoms with Crippen LogP contribution in [0.25, 0.3) is 11.1 Å². The minimum atomic E-state index is -0.555. The maximum absolute atomic E-state index is 15.2. The zero-order chi connectivity index (χ0) is 30.6. The number of carbonyl (C=O) groups is 3. The van der Waals surface area contributed by atoms with Crippen LogP contribution in [0.4, 0.5) is 14.9 Å². The van der Waals surface area contributed by atoms with Crippen molar-refractivity contribution in [2.24, 2.45) is 17.0 Å². The van der Waals surface area contributed by atoms with Crippen LogP contribution in [0, 0.1) is 17.7 Å². The predicted molar refractivity (Wildman–Crippen MR) is 152 cm³/mol. The molecule has 3 aromatic rings. The van der Waals surface area contributed by atoms with Gasteiger partial charge in [-0.2, -0.15) is 0 Å². The van der Waals surface area contributed by atoms with E-state index in [4.69, 9.17) is 19.0 Å². The fourth-order valence-electron chi connectivity index (χ4n) is 5.79. The van der Waals surface area contributed by atoms with Crippen molar-refractivity contribution in [1.29, 1.82) is 0 Å². The lowest BCUT2D eigenvalue weighted by Crippen LogP contribution is -2.35. The van der Waals surface area contributed by atoms with Gasteiger partial charge in [0.05, 0.1) is 49.6 Å². The van der Waals surface area contributed by atoms with Gasteiger partial charge in [0.2, 0.25) is 0 Å². The van der Waals surface area contributed by atoms with Crippen LogP contribution in [-0.2, 0) is 35.2 Å². The van der Waals surface area contributed by atoms with Gasteiger partial charge in [-0.15, -0.1) is 5.10 Å². The average Bonchev–Trinajstić information content (AvgIpc) is 3.82. The van der Waals surface area contributed by atoms with Crippen LogP contribution < -0.4 is 4.90 Å². The summed E-state index contributed by atoms with van der Waals surface area (Å²) in [6, 6.07) is 7.99. The minimum Gasteiger partial charge on any atom is -0.469 e. The van der Waals surface area contributed by atoms with Crippen molar-refractivity contribution in [1.82, 2.24) is 20.0 Å². The highest BCUT2D eigenvalue weighted by Gasteiger charge is 2.38. The van der Waals surface area contributed by atoms with E-state index >= 15 is 4.39 Å². The van der Waals surface area contributed by atoms with Crippen molar-refractivity contribution < 1.29 is 37.8 Å². The van der Waals surface area contributed by atoms with E-state index in [0.29, 0.717) is 54.0 Å². The lowest BCUT2D eigenvalue weighted by atomic mass is 9.79. The predicted octanol–water partition coefficient (Wildman–Crippen LogP) is 3.52. The Morgan fingerprint density at radius 3 is 2.61 bits per heavy atom. The molecule has 1 amide bonds. The van der Waals surface area contributed by atoms with Crippen molar-refractivity contribution in [2.75, 3.05) is 25.2 Å². The van der Waals surface area contributed by atoms with Gasteiger partial charge in [0.25, 0.3) is 0 Å². The molecule has 0 spiro atoms. The van der Waals surface area contributed by atoms with Gasteiger partial charge >= 0.3 is 18.0 Å². The number of cyclic esters (lactones) is 1. The molecule has 6 rings (SSSR count). The Balaban J connectivity index is 1.03. The summed E-state index contributed by atoms with van der Waals surface area (Å²) in [5, 5.41) is 11.7. The van der Waals surface area contributed by atoms with Crippen LogP contribution in [0.2, 0.25) is 0 Å². The first-order valence-electron chi connectivity index (χ1n) is 14.5. The van der Waals surface area contributed by atoms with Gasteiger partial charge in [-0.3, -0.25) is 19.5 Å². The highest BCUT2D eigenvalue weighted by Crippen LogP contribution is 2.33. The normalized spacial score (nSPS) is 23.1. The Hall–Kier alpha value is -4.88. The van der Waals surface area contributed by atoms with Gasteiger partial charge in [-0.1, -0.05) is 29.3 Å². The molecule has 0 radical (unpaired) electrons. The zero-order valence-electron chi connectivity index (χ0n) is 24.0. The van der Waals surface area contributed by atoms with E-state index in [-0.39, 0.29) is 19.1 Å². The Kier molecular flexibility index (Phi) is 8.48. The molecular weight excluding hydrogens is 575 g/mol. The van der Waals surface area contributed by atoms with Crippen LogP contribution >= 0.6 is 0 Å². The lowest BCUT2D eigenvalue weighted by molar-refractivity contribution is -0.163. The number of halogens is 1. The average molecular weight is 607 g/mol. The molecule has 1 aromatic carbocycles. The van der Waals surface area contributed by atoms with E-state index in [9.17, 15) is 14.4 Å². The number of hydrogen-bond donors (Lipinski definition) is 0. The second-order valence-electron chi connectivity index (χ2n) is 11.0. The van der Waals surface area contributed by atoms with Crippen molar-refractivity contribution in [3.8, 4) is 11.1 Å². The van der Waals surface area contributed by atoms with E-state index in [1.807, 2.05) is 0 Å². The number of rotatable bonds is 9. The second kappa shape index (κ2) is 12.8. The van der Waals surface area contributed by atoms with Gasteiger partial charge in [0.15, 0.2) is 6.10 Å². The fraction of sp³-hybridized carbons (Fsp3) is 0.433. The second-order valence-corrected chi connectivity index (χ2v) is 11.0. The molecule has 2 unspecified atom stereocenters. The summed E-state index contributed by atoms with van der Waals surface area (Å²) < 4.78 is 32.5. The molecule has 14 heteroatoms. The number of aromatic nitrogens is 4. The van der Waals surface area contributed by atoms with Gasteiger partial charge in [-0.05, 0) is 37.1 Å². The number of carbonyl (C=O) groups excluding carboxylic acids is 3. The number of nitrogens with zero attached hydrogens (tertiary/aromatic N) is 6. The number of esters is 2. The number of benzene rings is 1. The minimum absolute atomic E-state index is 0.00236. The summed E-state index contributed by atoms with van der Waals surface area (Å²) in [6.45, 7) is 0.602. The maximum atomic E-state index is 15.2. The summed E-state index contributed by atoms with van der Waals surface area (Å²) in [5.41, 5.74) is 2.38. The standard InChI is InChI=1S/C30H31FN6O7/c1-41-28(38)23-4-2-3-5-24(23)29(39)42-17-20-13-27(34-44-20)26-9-6-18(14-32-26)22-8-7-19(12-25(22)31)37-16-21(43-30(37)40)15-36-11-10-33-35-36/h6-12,14,20-21,23-24H,2-5,13,15-17H2,1H3/t20-,21-,23?,24?/m0/s1. The van der Waals surface area contributed by atoms with Gasteiger partial charge < -0.3 is 19.0 Å². The lowest BCUT2D eigenvalue weighted by Gasteiger charge is -2.27. The topological polar surface area (TPSA) is 147 Å². The van der Waals surface area contributed by atoms with Crippen molar-refractivity contribution >= 4 is 29.4 Å². The third kappa shape index (κ3) is 6.24. The Labute approximate surface area is 251 Å².